The molecule has 0 bridgehead atoms. The number of carbonyl (C=O) groups is 1. The lowest BCUT2D eigenvalue weighted by Gasteiger charge is -2.16. The largest absolute Gasteiger partial charge is 0.348 e. The number of aromatic amines is 1. The van der Waals surface area contributed by atoms with Crippen LogP contribution in [0.3, 0.4) is 0 Å². The Bertz CT molecular complexity index is 1160. The number of hydrogen-bond donors (Lipinski definition) is 1. The fourth-order valence-corrected chi connectivity index (χ4v) is 3.43. The molecular weight excluding hydrogens is 410 g/mol. The van der Waals surface area contributed by atoms with Crippen LogP contribution in [0.2, 0.25) is 5.02 Å². The maximum Gasteiger partial charge on any atom is 0.348 e. The molecule has 0 fully saturated rings. The van der Waals surface area contributed by atoms with Gasteiger partial charge in [-0.05, 0) is 41.7 Å². The van der Waals surface area contributed by atoms with E-state index in [-0.39, 0.29) is 11.2 Å². The van der Waals surface area contributed by atoms with Gasteiger partial charge < -0.3 is 0 Å². The Morgan fingerprint density at radius 1 is 1.10 bits per heavy atom. The highest BCUT2D eigenvalue weighted by molar-refractivity contribution is 6.33. The van der Waals surface area contributed by atoms with E-state index in [4.69, 9.17) is 11.6 Å². The van der Waals surface area contributed by atoms with Crippen molar-refractivity contribution in [3.63, 3.8) is 0 Å². The highest BCUT2D eigenvalue weighted by atomic mass is 35.5. The van der Waals surface area contributed by atoms with Crippen molar-refractivity contribution in [2.24, 2.45) is 5.41 Å². The fraction of sp³-hybridized carbons (Fsp3) is 0.360. The van der Waals surface area contributed by atoms with E-state index in [9.17, 15) is 9.59 Å². The van der Waals surface area contributed by atoms with Crippen molar-refractivity contribution < 1.29 is 4.79 Å². The molecule has 1 heterocycles. The Balaban J connectivity index is 1.97. The standard InChI is InChI=1S/C25H28ClN3O2/c1-15(2)17-7-6-8-18(14-17)22-27-23(29-24(31)28-22)19-13-16(9-11-20(19)26)10-12-21(30)25(3,4)5/h6-9,11,13-15H,10,12H2,1-5H3,(H,27,28,29,31). The van der Waals surface area contributed by atoms with E-state index in [1.165, 1.54) is 0 Å². The Kier molecular flexibility index (Phi) is 6.75. The number of nitrogens with one attached hydrogen (secondary N) is 1. The van der Waals surface area contributed by atoms with Crippen LogP contribution in [0.25, 0.3) is 22.8 Å². The summed E-state index contributed by atoms with van der Waals surface area (Å²) in [6.45, 7) is 9.98. The fourth-order valence-electron chi connectivity index (χ4n) is 3.22. The summed E-state index contributed by atoms with van der Waals surface area (Å²) in [5, 5.41) is 0.474. The van der Waals surface area contributed by atoms with Crippen molar-refractivity contribution in [1.29, 1.82) is 0 Å². The zero-order valence-corrected chi connectivity index (χ0v) is 19.4. The number of Topliss-reactive ketones (excluding diaryl/α,β-unsaturated/α-hetero) is 1. The number of rotatable bonds is 6. The molecule has 0 amide bonds. The molecule has 0 aliphatic rings. The number of aromatic nitrogens is 3. The summed E-state index contributed by atoms with van der Waals surface area (Å²) in [7, 11) is 0. The number of halogens is 1. The molecule has 3 rings (SSSR count). The number of aryl methyl sites for hydroxylation is 1. The molecule has 0 saturated carbocycles. The summed E-state index contributed by atoms with van der Waals surface area (Å²) < 4.78 is 0. The van der Waals surface area contributed by atoms with Gasteiger partial charge in [-0.2, -0.15) is 4.98 Å². The molecule has 0 spiro atoms. The van der Waals surface area contributed by atoms with Gasteiger partial charge >= 0.3 is 5.69 Å². The lowest BCUT2D eigenvalue weighted by Crippen LogP contribution is -2.20. The van der Waals surface area contributed by atoms with Crippen LogP contribution in [0.4, 0.5) is 0 Å². The van der Waals surface area contributed by atoms with Gasteiger partial charge in [-0.1, -0.05) is 70.5 Å². The molecule has 0 unspecified atom stereocenters. The lowest BCUT2D eigenvalue weighted by atomic mass is 9.87. The number of nitrogens with zero attached hydrogens (tertiary/aromatic N) is 2. The van der Waals surface area contributed by atoms with Gasteiger partial charge in [0.15, 0.2) is 5.82 Å². The summed E-state index contributed by atoms with van der Waals surface area (Å²) in [5.74, 6) is 1.26. The first-order valence-electron chi connectivity index (χ1n) is 10.5. The summed E-state index contributed by atoms with van der Waals surface area (Å²) in [6, 6.07) is 13.4. The zero-order valence-electron chi connectivity index (χ0n) is 18.6. The monoisotopic (exact) mass is 437 g/mol. The summed E-state index contributed by atoms with van der Waals surface area (Å²) >= 11 is 6.43. The van der Waals surface area contributed by atoms with Crippen molar-refractivity contribution in [3.8, 4) is 22.8 Å². The van der Waals surface area contributed by atoms with Crippen molar-refractivity contribution >= 4 is 17.4 Å². The number of benzene rings is 2. The van der Waals surface area contributed by atoms with Crippen LogP contribution in [0.1, 0.15) is 58.1 Å². The van der Waals surface area contributed by atoms with E-state index in [0.717, 1.165) is 16.7 Å². The number of ketones is 1. The average molecular weight is 438 g/mol. The summed E-state index contributed by atoms with van der Waals surface area (Å²) in [4.78, 5) is 35.9. The number of carbonyl (C=O) groups excluding carboxylic acids is 1. The highest BCUT2D eigenvalue weighted by Gasteiger charge is 2.20. The van der Waals surface area contributed by atoms with Crippen LogP contribution >= 0.6 is 11.6 Å². The van der Waals surface area contributed by atoms with Gasteiger partial charge in [-0.15, -0.1) is 0 Å². The maximum atomic E-state index is 12.3. The first-order chi connectivity index (χ1) is 14.5. The molecule has 3 aromatic rings. The lowest BCUT2D eigenvalue weighted by molar-refractivity contribution is -0.126. The topological polar surface area (TPSA) is 75.7 Å². The second-order valence-corrected chi connectivity index (χ2v) is 9.50. The molecule has 0 saturated heterocycles. The molecule has 0 aliphatic heterocycles. The van der Waals surface area contributed by atoms with Crippen molar-refractivity contribution in [3.05, 3.63) is 69.1 Å². The van der Waals surface area contributed by atoms with Crippen molar-refractivity contribution in [2.45, 2.75) is 53.4 Å². The van der Waals surface area contributed by atoms with E-state index in [2.05, 4.69) is 28.8 Å². The molecule has 0 aliphatic carbocycles. The summed E-state index contributed by atoms with van der Waals surface area (Å²) in [5.41, 5.74) is 2.64. The molecule has 0 radical (unpaired) electrons. The molecule has 162 valence electrons. The van der Waals surface area contributed by atoms with Crippen LogP contribution in [0.15, 0.2) is 47.3 Å². The second-order valence-electron chi connectivity index (χ2n) is 9.09. The third kappa shape index (κ3) is 5.67. The van der Waals surface area contributed by atoms with Gasteiger partial charge in [0, 0.05) is 23.0 Å². The predicted octanol–water partition coefficient (Wildman–Crippen LogP) is 5.82. The molecule has 6 heteroatoms. The number of H-pyrrole nitrogens is 1. The van der Waals surface area contributed by atoms with Gasteiger partial charge in [0.05, 0.1) is 5.02 Å². The van der Waals surface area contributed by atoms with E-state index in [0.29, 0.717) is 41.0 Å². The van der Waals surface area contributed by atoms with Crippen LogP contribution in [0, 0.1) is 5.41 Å². The quantitative estimate of drug-likeness (QED) is 0.526. The van der Waals surface area contributed by atoms with Gasteiger partial charge in [0.2, 0.25) is 0 Å². The second kappa shape index (κ2) is 9.15. The Labute approximate surface area is 187 Å². The third-order valence-electron chi connectivity index (χ3n) is 5.23. The van der Waals surface area contributed by atoms with Gasteiger partial charge in [0.25, 0.3) is 0 Å². The molecule has 1 aromatic heterocycles. The molecule has 5 nitrogen and oxygen atoms in total. The molecule has 2 aromatic carbocycles. The van der Waals surface area contributed by atoms with Gasteiger partial charge in [0.1, 0.15) is 11.6 Å². The predicted molar refractivity (Wildman–Crippen MR) is 125 cm³/mol. The van der Waals surface area contributed by atoms with E-state index in [1.807, 2.05) is 57.2 Å². The third-order valence-corrected chi connectivity index (χ3v) is 5.55. The van der Waals surface area contributed by atoms with Crippen molar-refractivity contribution in [1.82, 2.24) is 15.0 Å². The molecule has 31 heavy (non-hydrogen) atoms. The highest BCUT2D eigenvalue weighted by Crippen LogP contribution is 2.28. The molecular formula is C25H28ClN3O2. The van der Waals surface area contributed by atoms with Crippen LogP contribution in [-0.2, 0) is 11.2 Å². The van der Waals surface area contributed by atoms with Crippen molar-refractivity contribution in [2.75, 3.05) is 0 Å². The van der Waals surface area contributed by atoms with Crippen LogP contribution < -0.4 is 5.69 Å². The zero-order chi connectivity index (χ0) is 22.8. The SMILES string of the molecule is CC(C)c1cccc(-c2nc(-c3cc(CCC(=O)C(C)(C)C)ccc3Cl)[nH]c(=O)n2)c1. The van der Waals surface area contributed by atoms with E-state index >= 15 is 0 Å². The normalized spacial score (nSPS) is 11.7. The van der Waals surface area contributed by atoms with E-state index in [1.54, 1.807) is 6.07 Å². The van der Waals surface area contributed by atoms with Gasteiger partial charge in [-0.3, -0.25) is 9.78 Å². The Morgan fingerprint density at radius 2 is 1.84 bits per heavy atom. The minimum Gasteiger partial charge on any atom is -0.299 e. The van der Waals surface area contributed by atoms with E-state index < -0.39 is 5.69 Å². The average Bonchev–Trinajstić information content (AvgIpc) is 2.71. The Morgan fingerprint density at radius 3 is 2.52 bits per heavy atom. The minimum absolute atomic E-state index is 0.201. The Hall–Kier alpha value is -2.79. The first kappa shape index (κ1) is 22.9. The minimum atomic E-state index is -0.487. The van der Waals surface area contributed by atoms with Gasteiger partial charge in [-0.25, -0.2) is 9.78 Å². The maximum absolute atomic E-state index is 12.3. The number of hydrogen-bond acceptors (Lipinski definition) is 4. The first-order valence-corrected chi connectivity index (χ1v) is 10.8. The van der Waals surface area contributed by atoms with Crippen LogP contribution in [0.5, 0.6) is 0 Å². The molecule has 0 atom stereocenters. The van der Waals surface area contributed by atoms with Crippen LogP contribution in [-0.4, -0.2) is 20.7 Å². The molecule has 1 N–H and O–H groups in total. The smallest absolute Gasteiger partial charge is 0.299 e. The summed E-state index contributed by atoms with van der Waals surface area (Å²) in [6.07, 6.45) is 1.04.